The van der Waals surface area contributed by atoms with E-state index in [0.717, 1.165) is 21.2 Å². The summed E-state index contributed by atoms with van der Waals surface area (Å²) in [5, 5.41) is 9.35. The Balaban J connectivity index is 2.17. The van der Waals surface area contributed by atoms with Crippen molar-refractivity contribution in [2.24, 2.45) is 4.99 Å². The molecule has 0 aliphatic heterocycles. The molecular formula is C12H11ClN5S+. The van der Waals surface area contributed by atoms with E-state index in [1.54, 1.807) is 12.4 Å². The number of thiazole rings is 1. The molecule has 3 aromatic heterocycles. The molecule has 5 nitrogen and oxygen atoms in total. The number of aromatic amines is 2. The Morgan fingerprint density at radius 2 is 2.21 bits per heavy atom. The molecule has 3 rings (SSSR count). The maximum Gasteiger partial charge on any atom is 0.351 e. The van der Waals surface area contributed by atoms with E-state index in [0.29, 0.717) is 5.15 Å². The Kier molecular flexibility index (Phi) is 3.18. The molecule has 19 heavy (non-hydrogen) atoms. The maximum atomic E-state index is 5.95. The van der Waals surface area contributed by atoms with E-state index in [1.807, 2.05) is 25.1 Å². The molecule has 1 unspecified atom stereocenters. The fraction of sp³-hybridized carbons (Fsp3) is 0.0833. The first-order chi connectivity index (χ1) is 9.22. The van der Waals surface area contributed by atoms with Crippen LogP contribution < -0.4 is 4.80 Å². The summed E-state index contributed by atoms with van der Waals surface area (Å²) in [6.07, 6.45) is 3.38. The summed E-state index contributed by atoms with van der Waals surface area (Å²) in [6.45, 7) is 2.01. The lowest BCUT2D eigenvalue weighted by Crippen LogP contribution is -2.00. The summed E-state index contributed by atoms with van der Waals surface area (Å²) < 4.78 is 0. The number of aryl methyl sites for hydroxylation is 1. The number of aromatic nitrogens is 4. The number of rotatable bonds is 2. The van der Waals surface area contributed by atoms with E-state index in [1.165, 1.54) is 0 Å². The van der Waals surface area contributed by atoms with Gasteiger partial charge in [0.25, 0.3) is 0 Å². The van der Waals surface area contributed by atoms with Crippen molar-refractivity contribution in [3.8, 4) is 4.90 Å². The van der Waals surface area contributed by atoms with Gasteiger partial charge in [-0.05, 0) is 6.92 Å². The van der Waals surface area contributed by atoms with E-state index in [9.17, 15) is 0 Å². The van der Waals surface area contributed by atoms with Crippen LogP contribution in [0, 0.1) is 6.92 Å². The van der Waals surface area contributed by atoms with Crippen LogP contribution in [0.2, 0.25) is 5.15 Å². The third-order valence-electron chi connectivity index (χ3n) is 2.47. The van der Waals surface area contributed by atoms with Crippen molar-refractivity contribution in [3.05, 3.63) is 51.6 Å². The summed E-state index contributed by atoms with van der Waals surface area (Å²) in [6, 6.07) is 5.64. The van der Waals surface area contributed by atoms with E-state index in [-0.39, 0.29) is 10.5 Å². The summed E-state index contributed by atoms with van der Waals surface area (Å²) >= 11 is 5.95. The lowest BCUT2D eigenvalue weighted by atomic mass is 10.5. The Labute approximate surface area is 117 Å². The van der Waals surface area contributed by atoms with Gasteiger partial charge in [-0.3, -0.25) is 10.1 Å². The standard InChI is InChI=1S/C12H11ClN5S/c1-8-7-19(9-2-4-14-10(13)6-9)12(16-8)17-11-3-5-15-18-11/h2-7H,1H3,(H2,15,16,17,18)/q+1. The topological polar surface area (TPSA) is 69.7 Å². The monoisotopic (exact) mass is 292 g/mol. The maximum absolute atomic E-state index is 5.95. The van der Waals surface area contributed by atoms with Crippen molar-refractivity contribution in [2.45, 2.75) is 6.92 Å². The summed E-state index contributed by atoms with van der Waals surface area (Å²) in [5.74, 6) is 0.725. The fourth-order valence-electron chi connectivity index (χ4n) is 1.68. The molecule has 0 aliphatic carbocycles. The molecule has 0 spiro atoms. The van der Waals surface area contributed by atoms with Gasteiger partial charge in [-0.15, -0.1) is 0 Å². The first-order valence-electron chi connectivity index (χ1n) is 5.60. The Hall–Kier alpha value is -1.92. The molecule has 3 aromatic rings. The Morgan fingerprint density at radius 3 is 2.95 bits per heavy atom. The Morgan fingerprint density at radius 1 is 1.32 bits per heavy atom. The fourth-order valence-corrected chi connectivity index (χ4v) is 3.72. The third-order valence-corrected chi connectivity index (χ3v) is 4.63. The normalized spacial score (nSPS) is 12.9. The number of halogens is 1. The van der Waals surface area contributed by atoms with Crippen LogP contribution in [-0.4, -0.2) is 20.2 Å². The highest BCUT2D eigenvalue weighted by Crippen LogP contribution is 2.27. The van der Waals surface area contributed by atoms with Crippen LogP contribution in [0.25, 0.3) is 4.90 Å². The third kappa shape index (κ3) is 2.59. The van der Waals surface area contributed by atoms with E-state index < -0.39 is 0 Å². The number of hydrogen-bond donors (Lipinski definition) is 2. The molecule has 0 aliphatic rings. The van der Waals surface area contributed by atoms with Crippen molar-refractivity contribution in [1.82, 2.24) is 20.2 Å². The average Bonchev–Trinajstić information content (AvgIpc) is 3.00. The lowest BCUT2D eigenvalue weighted by molar-refractivity contribution is 1.06. The molecule has 0 radical (unpaired) electrons. The van der Waals surface area contributed by atoms with Gasteiger partial charge in [0.05, 0.1) is 22.4 Å². The molecule has 3 heterocycles. The number of nitrogens with one attached hydrogen (secondary N) is 2. The highest BCUT2D eigenvalue weighted by molar-refractivity contribution is 7.36. The van der Waals surface area contributed by atoms with Crippen LogP contribution in [-0.2, 0) is 0 Å². The van der Waals surface area contributed by atoms with Gasteiger partial charge in [0.15, 0.2) is 16.1 Å². The van der Waals surface area contributed by atoms with Gasteiger partial charge in [0.2, 0.25) is 0 Å². The first kappa shape index (κ1) is 12.1. The minimum Gasteiger partial charge on any atom is -0.294 e. The van der Waals surface area contributed by atoms with Crippen LogP contribution in [0.4, 0.5) is 5.82 Å². The SMILES string of the molecule is Cc1c[s+](-c2ccnc(Cl)c2)c(=Nc2ccn[nH]2)[nH]1. The highest BCUT2D eigenvalue weighted by Gasteiger charge is 2.16. The van der Waals surface area contributed by atoms with Crippen molar-refractivity contribution >= 4 is 27.9 Å². The van der Waals surface area contributed by atoms with Crippen LogP contribution in [0.5, 0.6) is 0 Å². The van der Waals surface area contributed by atoms with Crippen LogP contribution in [0.3, 0.4) is 0 Å². The van der Waals surface area contributed by atoms with Crippen molar-refractivity contribution in [3.63, 3.8) is 0 Å². The lowest BCUT2D eigenvalue weighted by Gasteiger charge is -1.89. The van der Waals surface area contributed by atoms with Crippen molar-refractivity contribution in [2.75, 3.05) is 0 Å². The smallest absolute Gasteiger partial charge is 0.294 e. The summed E-state index contributed by atoms with van der Waals surface area (Å²) in [4.78, 5) is 13.8. The molecule has 96 valence electrons. The minimum atomic E-state index is -0.249. The van der Waals surface area contributed by atoms with Gasteiger partial charge in [-0.1, -0.05) is 11.6 Å². The molecule has 0 saturated heterocycles. The molecule has 0 saturated carbocycles. The average molecular weight is 293 g/mol. The van der Waals surface area contributed by atoms with E-state index in [4.69, 9.17) is 11.6 Å². The molecule has 0 amide bonds. The van der Waals surface area contributed by atoms with Gasteiger partial charge in [0, 0.05) is 24.4 Å². The van der Waals surface area contributed by atoms with Gasteiger partial charge in [-0.2, -0.15) is 10.1 Å². The van der Waals surface area contributed by atoms with Crippen LogP contribution in [0.1, 0.15) is 5.69 Å². The second-order valence-electron chi connectivity index (χ2n) is 3.94. The predicted molar refractivity (Wildman–Crippen MR) is 76.0 cm³/mol. The van der Waals surface area contributed by atoms with E-state index in [2.05, 4.69) is 30.5 Å². The molecule has 0 bridgehead atoms. The second-order valence-corrected chi connectivity index (χ2v) is 6.09. The molecule has 1 atom stereocenters. The number of pyridine rings is 1. The quantitative estimate of drug-likeness (QED) is 0.563. The van der Waals surface area contributed by atoms with Crippen molar-refractivity contribution < 1.29 is 0 Å². The second kappa shape index (κ2) is 4.99. The molecule has 0 fully saturated rings. The zero-order chi connectivity index (χ0) is 13.2. The minimum absolute atomic E-state index is 0.249. The van der Waals surface area contributed by atoms with Crippen LogP contribution in [0.15, 0.2) is 41.0 Å². The van der Waals surface area contributed by atoms with Crippen molar-refractivity contribution in [1.29, 1.82) is 0 Å². The largest absolute Gasteiger partial charge is 0.351 e. The molecular weight excluding hydrogens is 282 g/mol. The number of nitrogens with zero attached hydrogens (tertiary/aromatic N) is 3. The van der Waals surface area contributed by atoms with Gasteiger partial charge >= 0.3 is 4.80 Å². The summed E-state index contributed by atoms with van der Waals surface area (Å²) in [5.41, 5.74) is 1.08. The zero-order valence-corrected chi connectivity index (χ0v) is 11.7. The number of H-pyrrole nitrogens is 2. The first-order valence-corrected chi connectivity index (χ1v) is 7.27. The zero-order valence-electron chi connectivity index (χ0n) is 10.1. The Bertz CT molecular complexity index is 757. The highest BCUT2D eigenvalue weighted by atomic mass is 35.5. The molecule has 7 heteroatoms. The predicted octanol–water partition coefficient (Wildman–Crippen LogP) is 3.07. The molecule has 2 N–H and O–H groups in total. The summed E-state index contributed by atoms with van der Waals surface area (Å²) in [7, 11) is -0.249. The van der Waals surface area contributed by atoms with Gasteiger partial charge in [0.1, 0.15) is 5.15 Å². The van der Waals surface area contributed by atoms with Gasteiger partial charge in [-0.25, -0.2) is 4.98 Å². The van der Waals surface area contributed by atoms with E-state index >= 15 is 0 Å². The van der Waals surface area contributed by atoms with Crippen LogP contribution >= 0.6 is 22.1 Å². The van der Waals surface area contributed by atoms with Gasteiger partial charge < -0.3 is 0 Å². The number of hydrogen-bond acceptors (Lipinski definition) is 3. The molecule has 0 aromatic carbocycles.